The summed E-state index contributed by atoms with van der Waals surface area (Å²) in [6.07, 6.45) is 1.55. The monoisotopic (exact) mass is 470 g/mol. The minimum Gasteiger partial charge on any atom is -0.489 e. The Bertz CT molecular complexity index is 1180. The van der Waals surface area contributed by atoms with Crippen LogP contribution >= 0.6 is 0 Å². The lowest BCUT2D eigenvalue weighted by Crippen LogP contribution is -2.46. The van der Waals surface area contributed by atoms with Gasteiger partial charge in [0.05, 0.1) is 17.7 Å². The second-order valence-electron chi connectivity index (χ2n) is 8.84. The lowest BCUT2D eigenvalue weighted by molar-refractivity contribution is 0.0378. The van der Waals surface area contributed by atoms with Gasteiger partial charge in [-0.25, -0.2) is 9.78 Å². The molecule has 1 saturated heterocycles. The lowest BCUT2D eigenvalue weighted by Gasteiger charge is -2.36. The Morgan fingerprint density at radius 3 is 2.49 bits per heavy atom. The molecule has 0 unspecified atom stereocenters. The van der Waals surface area contributed by atoms with Gasteiger partial charge in [-0.1, -0.05) is 24.3 Å². The van der Waals surface area contributed by atoms with Crippen LogP contribution in [-0.2, 0) is 17.9 Å². The van der Waals surface area contributed by atoms with Gasteiger partial charge in [0.15, 0.2) is 0 Å². The molecule has 0 radical (unpaired) electrons. The number of esters is 1. The van der Waals surface area contributed by atoms with Crippen molar-refractivity contribution in [2.45, 2.75) is 33.1 Å². The molecule has 7 nitrogen and oxygen atoms in total. The minimum absolute atomic E-state index is 0.169. The molecule has 0 aliphatic carbocycles. The molecule has 35 heavy (non-hydrogen) atoms. The number of hydrogen-bond donors (Lipinski definition) is 0. The predicted molar refractivity (Wildman–Crippen MR) is 134 cm³/mol. The average molecular weight is 471 g/mol. The van der Waals surface area contributed by atoms with Gasteiger partial charge in [0.2, 0.25) is 0 Å². The highest BCUT2D eigenvalue weighted by molar-refractivity contribution is 5.94. The number of nitrogens with zero attached hydrogens (tertiary/aromatic N) is 4. The molecule has 2 aromatic carbocycles. The topological polar surface area (TPSA) is 78.7 Å². The van der Waals surface area contributed by atoms with E-state index in [0.29, 0.717) is 23.6 Å². The quantitative estimate of drug-likeness (QED) is 0.451. The van der Waals surface area contributed by atoms with Crippen LogP contribution in [0.4, 0.5) is 5.82 Å². The molecule has 0 amide bonds. The molecule has 180 valence electrons. The van der Waals surface area contributed by atoms with Crippen molar-refractivity contribution in [3.63, 3.8) is 0 Å². The summed E-state index contributed by atoms with van der Waals surface area (Å²) in [4.78, 5) is 21.6. The number of rotatable bonds is 8. The Morgan fingerprint density at radius 1 is 1.03 bits per heavy atom. The maximum atomic E-state index is 12.5. The summed E-state index contributed by atoms with van der Waals surface area (Å²) in [5.74, 6) is 1.11. The molecule has 7 heteroatoms. The number of hydrogen-bond acceptors (Lipinski definition) is 7. The van der Waals surface area contributed by atoms with Crippen LogP contribution in [0, 0.1) is 11.3 Å². The first-order valence-electron chi connectivity index (χ1n) is 11.9. The molecule has 1 aliphatic heterocycles. The van der Waals surface area contributed by atoms with E-state index in [1.807, 2.05) is 26.0 Å². The fraction of sp³-hybridized carbons (Fsp3) is 0.321. The molecule has 1 aliphatic rings. The Kier molecular flexibility index (Phi) is 7.96. The molecule has 0 bridgehead atoms. The Balaban J connectivity index is 1.32. The maximum Gasteiger partial charge on any atom is 0.342 e. The number of carbonyl (C=O) groups excluding carboxylic acids is 1. The molecular weight excluding hydrogens is 440 g/mol. The summed E-state index contributed by atoms with van der Waals surface area (Å²) in [7, 11) is 0. The minimum atomic E-state index is -0.328. The van der Waals surface area contributed by atoms with E-state index in [4.69, 9.17) is 14.7 Å². The smallest absolute Gasteiger partial charge is 0.342 e. The molecule has 3 aromatic rings. The lowest BCUT2D eigenvalue weighted by atomic mass is 10.1. The van der Waals surface area contributed by atoms with Gasteiger partial charge >= 0.3 is 5.97 Å². The molecule has 1 aromatic heterocycles. The van der Waals surface area contributed by atoms with Crippen LogP contribution in [0.25, 0.3) is 0 Å². The molecule has 1 fully saturated rings. The summed E-state index contributed by atoms with van der Waals surface area (Å²) in [6.45, 7) is 8.36. The number of carbonyl (C=O) groups is 1. The van der Waals surface area contributed by atoms with Crippen LogP contribution in [0.1, 0.15) is 40.9 Å². The zero-order valence-corrected chi connectivity index (χ0v) is 20.2. The maximum absolute atomic E-state index is 12.5. The zero-order chi connectivity index (χ0) is 24.6. The van der Waals surface area contributed by atoms with Gasteiger partial charge in [-0.3, -0.25) is 4.90 Å². The van der Waals surface area contributed by atoms with E-state index in [1.165, 1.54) is 5.56 Å². The van der Waals surface area contributed by atoms with Crippen LogP contribution in [0.2, 0.25) is 0 Å². The number of benzene rings is 2. The number of ether oxygens (including phenoxy) is 2. The third kappa shape index (κ3) is 6.58. The van der Waals surface area contributed by atoms with Gasteiger partial charge in [0.25, 0.3) is 0 Å². The first kappa shape index (κ1) is 24.2. The largest absolute Gasteiger partial charge is 0.489 e. The Hall–Kier alpha value is -3.89. The van der Waals surface area contributed by atoms with E-state index < -0.39 is 0 Å². The number of pyridine rings is 1. The second-order valence-corrected chi connectivity index (χ2v) is 8.84. The van der Waals surface area contributed by atoms with Crippen molar-refractivity contribution in [1.29, 1.82) is 5.26 Å². The van der Waals surface area contributed by atoms with E-state index in [0.717, 1.165) is 44.0 Å². The predicted octanol–water partition coefficient (Wildman–Crippen LogP) is 4.42. The van der Waals surface area contributed by atoms with E-state index in [2.05, 4.69) is 45.1 Å². The normalized spacial score (nSPS) is 13.9. The fourth-order valence-corrected chi connectivity index (χ4v) is 4.07. The van der Waals surface area contributed by atoms with Crippen molar-refractivity contribution in [2.24, 2.45) is 0 Å². The summed E-state index contributed by atoms with van der Waals surface area (Å²) >= 11 is 0. The molecule has 0 saturated carbocycles. The van der Waals surface area contributed by atoms with Crippen LogP contribution in [0.3, 0.4) is 0 Å². The molecule has 0 atom stereocenters. The number of nitriles is 1. The average Bonchev–Trinajstić information content (AvgIpc) is 2.88. The SMILES string of the molecule is CC(C)OC(=O)c1cccnc1N1CCN(Cc2cccc(COc3ccc(C#N)cc3)c2)CC1. The summed E-state index contributed by atoms with van der Waals surface area (Å²) in [5, 5.41) is 8.92. The van der Waals surface area contributed by atoms with Crippen molar-refractivity contribution in [2.75, 3.05) is 31.1 Å². The summed E-state index contributed by atoms with van der Waals surface area (Å²) < 4.78 is 11.3. The first-order chi connectivity index (χ1) is 17.0. The highest BCUT2D eigenvalue weighted by atomic mass is 16.5. The first-order valence-corrected chi connectivity index (χ1v) is 11.9. The number of aromatic nitrogens is 1. The van der Waals surface area contributed by atoms with Crippen LogP contribution in [0.5, 0.6) is 5.75 Å². The standard InChI is InChI=1S/C28H30N4O3/c1-21(2)35-28(33)26-7-4-12-30-27(26)32-15-13-31(14-16-32)19-23-5-3-6-24(17-23)20-34-25-10-8-22(18-29)9-11-25/h3-12,17,21H,13-16,19-20H2,1-2H3. The van der Waals surface area contributed by atoms with Crippen molar-refractivity contribution >= 4 is 11.8 Å². The molecule has 4 rings (SSSR count). The van der Waals surface area contributed by atoms with E-state index >= 15 is 0 Å². The van der Waals surface area contributed by atoms with E-state index in [9.17, 15) is 4.79 Å². The second kappa shape index (κ2) is 11.5. The van der Waals surface area contributed by atoms with E-state index in [-0.39, 0.29) is 12.1 Å². The molecule has 0 N–H and O–H groups in total. The van der Waals surface area contributed by atoms with Crippen molar-refractivity contribution in [1.82, 2.24) is 9.88 Å². The Labute approximate surface area is 206 Å². The number of anilines is 1. The number of piperazine rings is 1. The molecule has 2 heterocycles. The third-order valence-electron chi connectivity index (χ3n) is 5.81. The third-order valence-corrected chi connectivity index (χ3v) is 5.81. The van der Waals surface area contributed by atoms with Gasteiger partial charge in [-0.15, -0.1) is 0 Å². The Morgan fingerprint density at radius 2 is 1.77 bits per heavy atom. The van der Waals surface area contributed by atoms with Gasteiger partial charge < -0.3 is 14.4 Å². The van der Waals surface area contributed by atoms with Crippen LogP contribution in [0.15, 0.2) is 66.9 Å². The zero-order valence-electron chi connectivity index (χ0n) is 20.2. The summed E-state index contributed by atoms with van der Waals surface area (Å²) in [6, 6.07) is 21.2. The van der Waals surface area contributed by atoms with Crippen molar-refractivity contribution in [3.05, 3.63) is 89.1 Å². The van der Waals surface area contributed by atoms with Crippen LogP contribution < -0.4 is 9.64 Å². The molecular formula is C28H30N4O3. The highest BCUT2D eigenvalue weighted by Gasteiger charge is 2.23. The fourth-order valence-electron chi connectivity index (χ4n) is 4.07. The van der Waals surface area contributed by atoms with Gasteiger partial charge in [0, 0.05) is 38.9 Å². The summed E-state index contributed by atoms with van der Waals surface area (Å²) in [5.41, 5.74) is 3.48. The van der Waals surface area contributed by atoms with Crippen molar-refractivity contribution in [3.8, 4) is 11.8 Å². The van der Waals surface area contributed by atoms with Gasteiger partial charge in [-0.05, 0) is 61.4 Å². The molecule has 0 spiro atoms. The van der Waals surface area contributed by atoms with Crippen LogP contribution in [-0.4, -0.2) is 48.1 Å². The highest BCUT2D eigenvalue weighted by Crippen LogP contribution is 2.21. The van der Waals surface area contributed by atoms with Crippen molar-refractivity contribution < 1.29 is 14.3 Å². The van der Waals surface area contributed by atoms with Gasteiger partial charge in [-0.2, -0.15) is 5.26 Å². The van der Waals surface area contributed by atoms with E-state index in [1.54, 1.807) is 30.5 Å². The van der Waals surface area contributed by atoms with Gasteiger partial charge in [0.1, 0.15) is 23.7 Å².